The van der Waals surface area contributed by atoms with Gasteiger partial charge in [0, 0.05) is 5.54 Å². The van der Waals surface area contributed by atoms with E-state index in [1.807, 2.05) is 45.0 Å². The minimum Gasteiger partial charge on any atom is -0.490 e. The summed E-state index contributed by atoms with van der Waals surface area (Å²) in [7, 11) is 0. The summed E-state index contributed by atoms with van der Waals surface area (Å²) in [6.45, 7) is 7.95. The van der Waals surface area contributed by atoms with Gasteiger partial charge in [-0.05, 0) is 32.9 Å². The lowest BCUT2D eigenvalue weighted by atomic mass is 10.1. The van der Waals surface area contributed by atoms with Gasteiger partial charge >= 0.3 is 0 Å². The lowest BCUT2D eigenvalue weighted by Gasteiger charge is -2.18. The third kappa shape index (κ3) is 5.89. The molecule has 0 fully saturated rings. The molecule has 0 atom stereocenters. The Kier molecular flexibility index (Phi) is 5.95. The molecule has 1 aromatic rings. The van der Waals surface area contributed by atoms with Gasteiger partial charge in [0.1, 0.15) is 6.61 Å². The van der Waals surface area contributed by atoms with Crippen LogP contribution in [0.3, 0.4) is 0 Å². The Morgan fingerprint density at radius 1 is 1.06 bits per heavy atom. The predicted molar refractivity (Wildman–Crippen MR) is 72.2 cm³/mol. The minimum absolute atomic E-state index is 0.302. The Hall–Kier alpha value is -1.26. The van der Waals surface area contributed by atoms with Crippen LogP contribution in [0.5, 0.6) is 11.5 Å². The van der Waals surface area contributed by atoms with Crippen molar-refractivity contribution in [1.82, 2.24) is 0 Å². The number of nitrogens with two attached hydrogens (primary N) is 1. The van der Waals surface area contributed by atoms with Crippen LogP contribution in [0.25, 0.3) is 0 Å². The molecule has 18 heavy (non-hydrogen) atoms. The largest absolute Gasteiger partial charge is 0.490 e. The Morgan fingerprint density at radius 2 is 1.67 bits per heavy atom. The maximum atomic E-state index is 5.81. The SMILES string of the molecule is CCOc1ccccc1OCCOCC(C)(C)N. The van der Waals surface area contributed by atoms with Gasteiger partial charge < -0.3 is 19.9 Å². The van der Waals surface area contributed by atoms with Crippen LogP contribution in [0.1, 0.15) is 20.8 Å². The Labute approximate surface area is 109 Å². The van der Waals surface area contributed by atoms with Gasteiger partial charge in [0.15, 0.2) is 11.5 Å². The first-order valence-electron chi connectivity index (χ1n) is 6.24. The highest BCUT2D eigenvalue weighted by atomic mass is 16.5. The van der Waals surface area contributed by atoms with Crippen LogP contribution < -0.4 is 15.2 Å². The van der Waals surface area contributed by atoms with E-state index in [0.717, 1.165) is 11.5 Å². The van der Waals surface area contributed by atoms with Crippen LogP contribution in [0.15, 0.2) is 24.3 Å². The first-order valence-corrected chi connectivity index (χ1v) is 6.24. The maximum Gasteiger partial charge on any atom is 0.161 e. The molecule has 0 radical (unpaired) electrons. The molecule has 0 saturated heterocycles. The van der Waals surface area contributed by atoms with Crippen molar-refractivity contribution in [3.8, 4) is 11.5 Å². The summed E-state index contributed by atoms with van der Waals surface area (Å²) in [5.74, 6) is 1.51. The zero-order valence-corrected chi connectivity index (χ0v) is 11.4. The third-order valence-electron chi connectivity index (χ3n) is 2.11. The van der Waals surface area contributed by atoms with Gasteiger partial charge in [-0.15, -0.1) is 0 Å². The van der Waals surface area contributed by atoms with Gasteiger partial charge in [0.2, 0.25) is 0 Å². The fourth-order valence-corrected chi connectivity index (χ4v) is 1.39. The first-order chi connectivity index (χ1) is 8.53. The van der Waals surface area contributed by atoms with Crippen LogP contribution in [-0.2, 0) is 4.74 Å². The molecule has 0 saturated carbocycles. The highest BCUT2D eigenvalue weighted by Gasteiger charge is 2.10. The van der Waals surface area contributed by atoms with Gasteiger partial charge in [-0.3, -0.25) is 0 Å². The molecule has 102 valence electrons. The summed E-state index contributed by atoms with van der Waals surface area (Å²) in [6.07, 6.45) is 0. The molecule has 1 rings (SSSR count). The lowest BCUT2D eigenvalue weighted by Crippen LogP contribution is -2.37. The number of hydrogen-bond acceptors (Lipinski definition) is 4. The normalized spacial score (nSPS) is 11.3. The second-order valence-electron chi connectivity index (χ2n) is 4.77. The van der Waals surface area contributed by atoms with E-state index in [1.54, 1.807) is 0 Å². The minimum atomic E-state index is -0.302. The smallest absolute Gasteiger partial charge is 0.161 e. The monoisotopic (exact) mass is 253 g/mol. The molecule has 0 unspecified atom stereocenters. The van der Waals surface area contributed by atoms with Crippen molar-refractivity contribution in [3.05, 3.63) is 24.3 Å². The molecule has 4 heteroatoms. The molecule has 0 aliphatic heterocycles. The number of ether oxygens (including phenoxy) is 3. The third-order valence-corrected chi connectivity index (χ3v) is 2.11. The summed E-state index contributed by atoms with van der Waals surface area (Å²) in [5, 5.41) is 0. The average molecular weight is 253 g/mol. The number of para-hydroxylation sites is 2. The van der Waals surface area contributed by atoms with E-state index in [4.69, 9.17) is 19.9 Å². The zero-order chi connectivity index (χ0) is 13.4. The van der Waals surface area contributed by atoms with Gasteiger partial charge in [0.05, 0.1) is 19.8 Å². The van der Waals surface area contributed by atoms with Crippen molar-refractivity contribution in [3.63, 3.8) is 0 Å². The maximum absolute atomic E-state index is 5.81. The van der Waals surface area contributed by atoms with Gasteiger partial charge in [-0.25, -0.2) is 0 Å². The average Bonchev–Trinajstić information content (AvgIpc) is 2.29. The summed E-state index contributed by atoms with van der Waals surface area (Å²) in [4.78, 5) is 0. The molecule has 0 bridgehead atoms. The fourth-order valence-electron chi connectivity index (χ4n) is 1.39. The topological polar surface area (TPSA) is 53.7 Å². The molecule has 0 spiro atoms. The highest BCUT2D eigenvalue weighted by Crippen LogP contribution is 2.26. The molecule has 0 amide bonds. The molecule has 1 aromatic carbocycles. The molecule has 0 aromatic heterocycles. The quantitative estimate of drug-likeness (QED) is 0.722. The van der Waals surface area contributed by atoms with Gasteiger partial charge in [-0.1, -0.05) is 12.1 Å². The molecular formula is C14H23NO3. The highest BCUT2D eigenvalue weighted by molar-refractivity contribution is 5.39. The fraction of sp³-hybridized carbons (Fsp3) is 0.571. The van der Waals surface area contributed by atoms with Crippen LogP contribution >= 0.6 is 0 Å². The molecule has 0 heterocycles. The van der Waals surface area contributed by atoms with Crippen LogP contribution in [0, 0.1) is 0 Å². The van der Waals surface area contributed by atoms with Crippen LogP contribution in [-0.4, -0.2) is 32.0 Å². The summed E-state index contributed by atoms with van der Waals surface area (Å²) >= 11 is 0. The molecule has 4 nitrogen and oxygen atoms in total. The van der Waals surface area contributed by atoms with E-state index in [0.29, 0.717) is 26.4 Å². The Bertz CT molecular complexity index is 347. The number of benzene rings is 1. The van der Waals surface area contributed by atoms with Crippen molar-refractivity contribution >= 4 is 0 Å². The summed E-state index contributed by atoms with van der Waals surface area (Å²) in [6, 6.07) is 7.62. The molecule has 0 aliphatic rings. The second kappa shape index (κ2) is 7.24. The van der Waals surface area contributed by atoms with Gasteiger partial charge in [-0.2, -0.15) is 0 Å². The van der Waals surface area contributed by atoms with Crippen LogP contribution in [0.4, 0.5) is 0 Å². The Balaban J connectivity index is 2.31. The standard InChI is InChI=1S/C14H23NO3/c1-4-17-12-7-5-6-8-13(12)18-10-9-16-11-14(2,3)15/h5-8H,4,9-11,15H2,1-3H3. The van der Waals surface area contributed by atoms with E-state index in [-0.39, 0.29) is 5.54 Å². The van der Waals surface area contributed by atoms with E-state index >= 15 is 0 Å². The van der Waals surface area contributed by atoms with Crippen molar-refractivity contribution in [2.75, 3.05) is 26.4 Å². The predicted octanol–water partition coefficient (Wildman–Crippen LogP) is 2.22. The van der Waals surface area contributed by atoms with Crippen LogP contribution in [0.2, 0.25) is 0 Å². The first kappa shape index (κ1) is 14.8. The van der Waals surface area contributed by atoms with Crippen molar-refractivity contribution in [2.45, 2.75) is 26.3 Å². The van der Waals surface area contributed by atoms with Crippen molar-refractivity contribution < 1.29 is 14.2 Å². The molecule has 0 aliphatic carbocycles. The summed E-state index contributed by atoms with van der Waals surface area (Å²) < 4.78 is 16.5. The van der Waals surface area contributed by atoms with E-state index in [9.17, 15) is 0 Å². The van der Waals surface area contributed by atoms with E-state index in [1.165, 1.54) is 0 Å². The van der Waals surface area contributed by atoms with Crippen molar-refractivity contribution in [2.24, 2.45) is 5.73 Å². The molecular weight excluding hydrogens is 230 g/mol. The van der Waals surface area contributed by atoms with Gasteiger partial charge in [0.25, 0.3) is 0 Å². The lowest BCUT2D eigenvalue weighted by molar-refractivity contribution is 0.0715. The van der Waals surface area contributed by atoms with E-state index < -0.39 is 0 Å². The second-order valence-corrected chi connectivity index (χ2v) is 4.77. The Morgan fingerprint density at radius 3 is 2.22 bits per heavy atom. The number of hydrogen-bond donors (Lipinski definition) is 1. The zero-order valence-electron chi connectivity index (χ0n) is 11.4. The van der Waals surface area contributed by atoms with E-state index in [2.05, 4.69) is 0 Å². The van der Waals surface area contributed by atoms with Crippen molar-refractivity contribution in [1.29, 1.82) is 0 Å². The number of rotatable bonds is 8. The summed E-state index contributed by atoms with van der Waals surface area (Å²) in [5.41, 5.74) is 5.50. The molecule has 2 N–H and O–H groups in total.